The van der Waals surface area contributed by atoms with Gasteiger partial charge in [0.1, 0.15) is 5.82 Å². The number of hydrogen-bond donors (Lipinski definition) is 2. The Morgan fingerprint density at radius 3 is 2.75 bits per heavy atom. The summed E-state index contributed by atoms with van der Waals surface area (Å²) < 4.78 is 10.7. The number of para-hydroxylation sites is 1. The van der Waals surface area contributed by atoms with E-state index < -0.39 is 0 Å². The lowest BCUT2D eigenvalue weighted by Gasteiger charge is -2.13. The zero-order chi connectivity index (χ0) is 19.9. The molecule has 0 aliphatic heterocycles. The topological polar surface area (TPSA) is 72.5 Å². The first-order chi connectivity index (χ1) is 13.6. The third-order valence-electron chi connectivity index (χ3n) is 4.10. The van der Waals surface area contributed by atoms with E-state index in [0.717, 1.165) is 16.7 Å². The van der Waals surface area contributed by atoms with Crippen LogP contribution in [0.5, 0.6) is 11.5 Å². The third-order valence-corrected chi connectivity index (χ3v) is 4.38. The molecule has 28 heavy (non-hydrogen) atoms. The maximum absolute atomic E-state index is 12.4. The SMILES string of the molecule is CCOc1c(Cl)cc(C(=O)NCCNc2ccc3ccccc3n2)cc1OC. The van der Waals surface area contributed by atoms with Crippen LogP contribution in [0.1, 0.15) is 17.3 Å². The molecule has 7 heteroatoms. The Kier molecular flexibility index (Phi) is 6.55. The third kappa shape index (κ3) is 4.64. The highest BCUT2D eigenvalue weighted by Crippen LogP contribution is 2.36. The summed E-state index contributed by atoms with van der Waals surface area (Å²) in [4.78, 5) is 17.0. The summed E-state index contributed by atoms with van der Waals surface area (Å²) in [5.74, 6) is 1.39. The van der Waals surface area contributed by atoms with Crippen LogP contribution >= 0.6 is 11.6 Å². The van der Waals surface area contributed by atoms with Gasteiger partial charge >= 0.3 is 0 Å². The molecule has 0 atom stereocenters. The van der Waals surface area contributed by atoms with Crippen molar-refractivity contribution in [3.05, 3.63) is 59.1 Å². The molecule has 0 fully saturated rings. The van der Waals surface area contributed by atoms with Crippen molar-refractivity contribution < 1.29 is 14.3 Å². The molecule has 0 bridgehead atoms. The number of hydrogen-bond acceptors (Lipinski definition) is 5. The quantitative estimate of drug-likeness (QED) is 0.557. The molecule has 1 amide bonds. The Bertz CT molecular complexity index is 978. The van der Waals surface area contributed by atoms with Crippen LogP contribution in [0.2, 0.25) is 5.02 Å². The Labute approximate surface area is 168 Å². The van der Waals surface area contributed by atoms with E-state index in [1.54, 1.807) is 12.1 Å². The summed E-state index contributed by atoms with van der Waals surface area (Å²) >= 11 is 6.22. The summed E-state index contributed by atoms with van der Waals surface area (Å²) in [7, 11) is 1.51. The van der Waals surface area contributed by atoms with E-state index in [4.69, 9.17) is 21.1 Å². The number of methoxy groups -OCH3 is 1. The molecule has 0 spiro atoms. The lowest BCUT2D eigenvalue weighted by atomic mass is 10.2. The maximum Gasteiger partial charge on any atom is 0.251 e. The number of carbonyl (C=O) groups excluding carboxylic acids is 1. The number of halogens is 1. The number of carbonyl (C=O) groups is 1. The van der Waals surface area contributed by atoms with Crippen LogP contribution in [0.4, 0.5) is 5.82 Å². The van der Waals surface area contributed by atoms with Crippen molar-refractivity contribution >= 4 is 34.2 Å². The van der Waals surface area contributed by atoms with Gasteiger partial charge in [0.15, 0.2) is 11.5 Å². The molecule has 2 aromatic carbocycles. The molecule has 1 heterocycles. The molecule has 6 nitrogen and oxygen atoms in total. The summed E-state index contributed by atoms with van der Waals surface area (Å²) in [5.41, 5.74) is 1.33. The second kappa shape index (κ2) is 9.28. The van der Waals surface area contributed by atoms with Gasteiger partial charge in [-0.3, -0.25) is 4.79 Å². The molecule has 0 unspecified atom stereocenters. The van der Waals surface area contributed by atoms with Crippen molar-refractivity contribution in [1.82, 2.24) is 10.3 Å². The van der Waals surface area contributed by atoms with Gasteiger partial charge in [-0.25, -0.2) is 4.98 Å². The van der Waals surface area contributed by atoms with Crippen LogP contribution in [-0.4, -0.2) is 37.7 Å². The van der Waals surface area contributed by atoms with E-state index in [1.807, 2.05) is 43.3 Å². The first-order valence-electron chi connectivity index (χ1n) is 9.00. The van der Waals surface area contributed by atoms with Gasteiger partial charge in [0, 0.05) is 24.0 Å². The molecule has 3 rings (SSSR count). The predicted molar refractivity (Wildman–Crippen MR) is 112 cm³/mol. The van der Waals surface area contributed by atoms with Crippen LogP contribution in [0.25, 0.3) is 10.9 Å². The average Bonchev–Trinajstić information content (AvgIpc) is 2.72. The molecule has 0 saturated heterocycles. The van der Waals surface area contributed by atoms with E-state index in [-0.39, 0.29) is 5.91 Å². The van der Waals surface area contributed by atoms with Gasteiger partial charge in [-0.15, -0.1) is 0 Å². The summed E-state index contributed by atoms with van der Waals surface area (Å²) in [6.07, 6.45) is 0. The number of nitrogens with one attached hydrogen (secondary N) is 2. The molecule has 146 valence electrons. The fourth-order valence-electron chi connectivity index (χ4n) is 2.77. The number of benzene rings is 2. The maximum atomic E-state index is 12.4. The van der Waals surface area contributed by atoms with Crippen molar-refractivity contribution in [3.63, 3.8) is 0 Å². The van der Waals surface area contributed by atoms with Crippen molar-refractivity contribution in [3.8, 4) is 11.5 Å². The molecule has 0 aliphatic rings. The van der Waals surface area contributed by atoms with Gasteiger partial charge in [-0.05, 0) is 37.3 Å². The largest absolute Gasteiger partial charge is 0.493 e. The Hall–Kier alpha value is -2.99. The Balaban J connectivity index is 1.57. The van der Waals surface area contributed by atoms with E-state index in [1.165, 1.54) is 7.11 Å². The van der Waals surface area contributed by atoms with Gasteiger partial charge in [-0.1, -0.05) is 29.8 Å². The molecule has 0 radical (unpaired) electrons. The number of anilines is 1. The number of fused-ring (bicyclic) bond motifs is 1. The van der Waals surface area contributed by atoms with E-state index in [0.29, 0.717) is 41.8 Å². The van der Waals surface area contributed by atoms with Crippen molar-refractivity contribution in [2.24, 2.45) is 0 Å². The van der Waals surface area contributed by atoms with Crippen molar-refractivity contribution in [2.75, 3.05) is 32.1 Å². The highest BCUT2D eigenvalue weighted by Gasteiger charge is 2.15. The van der Waals surface area contributed by atoms with E-state index in [2.05, 4.69) is 15.6 Å². The second-order valence-electron chi connectivity index (χ2n) is 5.99. The van der Waals surface area contributed by atoms with E-state index in [9.17, 15) is 4.79 Å². The van der Waals surface area contributed by atoms with Crippen LogP contribution in [0.3, 0.4) is 0 Å². The molecular formula is C21H22ClN3O3. The van der Waals surface area contributed by atoms with Gasteiger partial charge in [0.25, 0.3) is 5.91 Å². The van der Waals surface area contributed by atoms with Crippen LogP contribution in [-0.2, 0) is 0 Å². The number of pyridine rings is 1. The van der Waals surface area contributed by atoms with Gasteiger partial charge in [0.2, 0.25) is 0 Å². The zero-order valence-corrected chi connectivity index (χ0v) is 16.5. The normalized spacial score (nSPS) is 10.5. The Morgan fingerprint density at radius 1 is 1.14 bits per heavy atom. The molecule has 3 aromatic rings. The average molecular weight is 400 g/mol. The minimum atomic E-state index is -0.239. The monoisotopic (exact) mass is 399 g/mol. The van der Waals surface area contributed by atoms with Crippen molar-refractivity contribution in [2.45, 2.75) is 6.92 Å². The lowest BCUT2D eigenvalue weighted by Crippen LogP contribution is -2.29. The highest BCUT2D eigenvalue weighted by atomic mass is 35.5. The molecule has 2 N–H and O–H groups in total. The number of rotatable bonds is 8. The first kappa shape index (κ1) is 19.8. The number of aromatic nitrogens is 1. The standard InChI is InChI=1S/C21H22ClN3O3/c1-3-28-20-16(22)12-15(13-18(20)27-2)21(26)24-11-10-23-19-9-8-14-6-4-5-7-17(14)25-19/h4-9,12-13H,3,10-11H2,1-2H3,(H,23,25)(H,24,26). The van der Waals surface area contributed by atoms with Crippen LogP contribution in [0, 0.1) is 0 Å². The molecule has 0 aliphatic carbocycles. The number of ether oxygens (including phenoxy) is 2. The lowest BCUT2D eigenvalue weighted by molar-refractivity contribution is 0.0954. The van der Waals surface area contributed by atoms with Gasteiger partial charge < -0.3 is 20.1 Å². The van der Waals surface area contributed by atoms with Crippen LogP contribution in [0.15, 0.2) is 48.5 Å². The molecular weight excluding hydrogens is 378 g/mol. The fourth-order valence-corrected chi connectivity index (χ4v) is 3.03. The first-order valence-corrected chi connectivity index (χ1v) is 9.38. The highest BCUT2D eigenvalue weighted by molar-refractivity contribution is 6.32. The minimum absolute atomic E-state index is 0.239. The second-order valence-corrected chi connectivity index (χ2v) is 6.40. The van der Waals surface area contributed by atoms with E-state index >= 15 is 0 Å². The van der Waals surface area contributed by atoms with Crippen LogP contribution < -0.4 is 20.1 Å². The summed E-state index contributed by atoms with van der Waals surface area (Å²) in [6, 6.07) is 15.0. The summed E-state index contributed by atoms with van der Waals surface area (Å²) in [6.45, 7) is 3.28. The molecule has 1 aromatic heterocycles. The number of nitrogens with zero attached hydrogens (tertiary/aromatic N) is 1. The van der Waals surface area contributed by atoms with Gasteiger partial charge in [-0.2, -0.15) is 0 Å². The minimum Gasteiger partial charge on any atom is -0.493 e. The van der Waals surface area contributed by atoms with Crippen molar-refractivity contribution in [1.29, 1.82) is 0 Å². The zero-order valence-electron chi connectivity index (χ0n) is 15.8. The molecule has 0 saturated carbocycles. The Morgan fingerprint density at radius 2 is 1.96 bits per heavy atom. The fraction of sp³-hybridized carbons (Fsp3) is 0.238. The number of amides is 1. The smallest absolute Gasteiger partial charge is 0.251 e. The summed E-state index contributed by atoms with van der Waals surface area (Å²) in [5, 5.41) is 7.48. The predicted octanol–water partition coefficient (Wildman–Crippen LogP) is 4.14. The van der Waals surface area contributed by atoms with Gasteiger partial charge in [0.05, 0.1) is 24.3 Å².